The zero-order chi connectivity index (χ0) is 12.8. The van der Waals surface area contributed by atoms with Gasteiger partial charge >= 0.3 is 0 Å². The Balaban J connectivity index is 2.78. The van der Waals surface area contributed by atoms with Crippen LogP contribution in [0, 0.1) is 6.92 Å². The minimum atomic E-state index is -0.130. The topological polar surface area (TPSA) is 75.3 Å². The summed E-state index contributed by atoms with van der Waals surface area (Å²) in [6, 6.07) is 5.29. The van der Waals surface area contributed by atoms with Crippen LogP contribution in [-0.2, 0) is 0 Å². The number of nitrogen functional groups attached to an aromatic ring is 1. The number of benzene rings is 1. The average Bonchev–Trinajstić information content (AvgIpc) is 2.31. The summed E-state index contributed by atoms with van der Waals surface area (Å²) in [5.41, 5.74) is 7.74. The number of aliphatic hydroxyl groups is 1. The first-order chi connectivity index (χ1) is 8.08. The molecule has 0 aromatic heterocycles. The largest absolute Gasteiger partial charge is 0.399 e. The van der Waals surface area contributed by atoms with Crippen molar-refractivity contribution in [3.63, 3.8) is 0 Å². The van der Waals surface area contributed by atoms with Crippen molar-refractivity contribution in [3.8, 4) is 0 Å². The normalized spacial score (nSPS) is 12.2. The number of amides is 1. The quantitative estimate of drug-likeness (QED) is 0.678. The Bertz CT molecular complexity index is 391. The molecule has 0 fully saturated rings. The number of carbonyl (C=O) groups excluding carboxylic acids is 1. The minimum absolute atomic E-state index is 0.00771. The third kappa shape index (κ3) is 3.75. The zero-order valence-corrected chi connectivity index (χ0v) is 10.4. The summed E-state index contributed by atoms with van der Waals surface area (Å²) in [4.78, 5) is 12.0. The molecule has 0 saturated carbocycles. The molecule has 1 amide bonds. The van der Waals surface area contributed by atoms with Crippen molar-refractivity contribution >= 4 is 11.6 Å². The number of hydrogen-bond donors (Lipinski definition) is 3. The lowest BCUT2D eigenvalue weighted by Gasteiger charge is -2.16. The van der Waals surface area contributed by atoms with Gasteiger partial charge in [0.2, 0.25) is 0 Å². The van der Waals surface area contributed by atoms with Crippen LogP contribution in [0.3, 0.4) is 0 Å². The fourth-order valence-electron chi connectivity index (χ4n) is 1.68. The van der Waals surface area contributed by atoms with E-state index in [1.54, 1.807) is 12.1 Å². The SMILES string of the molecule is CCC(CCO)NC(=O)c1cc(N)ccc1C. The predicted octanol–water partition coefficient (Wildman–Crippen LogP) is 1.47. The van der Waals surface area contributed by atoms with Crippen LogP contribution in [-0.4, -0.2) is 23.7 Å². The molecular formula is C13H20N2O2. The highest BCUT2D eigenvalue weighted by Crippen LogP contribution is 2.13. The summed E-state index contributed by atoms with van der Waals surface area (Å²) in [5, 5.41) is 11.8. The second kappa shape index (κ2) is 6.25. The first-order valence-corrected chi connectivity index (χ1v) is 5.86. The first kappa shape index (κ1) is 13.5. The number of aliphatic hydroxyl groups excluding tert-OH is 1. The molecule has 4 N–H and O–H groups in total. The Morgan fingerprint density at radius 1 is 1.53 bits per heavy atom. The highest BCUT2D eigenvalue weighted by Gasteiger charge is 2.13. The van der Waals surface area contributed by atoms with Crippen molar-refractivity contribution in [2.75, 3.05) is 12.3 Å². The highest BCUT2D eigenvalue weighted by molar-refractivity contribution is 5.96. The molecule has 1 atom stereocenters. The lowest BCUT2D eigenvalue weighted by atomic mass is 10.1. The van der Waals surface area contributed by atoms with Crippen molar-refractivity contribution in [1.82, 2.24) is 5.32 Å². The summed E-state index contributed by atoms with van der Waals surface area (Å²) >= 11 is 0. The van der Waals surface area contributed by atoms with Gasteiger partial charge in [0.05, 0.1) is 0 Å². The number of anilines is 1. The van der Waals surface area contributed by atoms with E-state index >= 15 is 0 Å². The summed E-state index contributed by atoms with van der Waals surface area (Å²) in [5.74, 6) is -0.130. The maximum atomic E-state index is 12.0. The van der Waals surface area contributed by atoms with Gasteiger partial charge in [-0.2, -0.15) is 0 Å². The lowest BCUT2D eigenvalue weighted by molar-refractivity contribution is 0.0928. The van der Waals surface area contributed by atoms with Gasteiger partial charge in [-0.15, -0.1) is 0 Å². The molecule has 0 spiro atoms. The molecule has 4 heteroatoms. The van der Waals surface area contributed by atoms with E-state index in [4.69, 9.17) is 10.8 Å². The smallest absolute Gasteiger partial charge is 0.251 e. The number of rotatable bonds is 5. The summed E-state index contributed by atoms with van der Waals surface area (Å²) in [6.45, 7) is 3.93. The third-order valence-electron chi connectivity index (χ3n) is 2.81. The molecule has 4 nitrogen and oxygen atoms in total. The second-order valence-corrected chi connectivity index (χ2v) is 4.17. The third-order valence-corrected chi connectivity index (χ3v) is 2.81. The number of nitrogens with two attached hydrogens (primary N) is 1. The Morgan fingerprint density at radius 3 is 2.82 bits per heavy atom. The molecule has 0 bridgehead atoms. The van der Waals surface area contributed by atoms with Crippen LogP contribution in [0.15, 0.2) is 18.2 Å². The molecule has 1 aromatic carbocycles. The van der Waals surface area contributed by atoms with Crippen LogP contribution in [0.1, 0.15) is 35.7 Å². The van der Waals surface area contributed by atoms with Gasteiger partial charge < -0.3 is 16.2 Å². The van der Waals surface area contributed by atoms with Gasteiger partial charge in [0, 0.05) is 23.9 Å². The number of aryl methyl sites for hydroxylation is 1. The van der Waals surface area contributed by atoms with Gasteiger partial charge in [-0.25, -0.2) is 0 Å². The maximum absolute atomic E-state index is 12.0. The Kier molecular flexibility index (Phi) is 4.97. The van der Waals surface area contributed by atoms with Crippen LogP contribution in [0.4, 0.5) is 5.69 Å². The van der Waals surface area contributed by atoms with Crippen LogP contribution >= 0.6 is 0 Å². The molecule has 0 radical (unpaired) electrons. The molecule has 0 aliphatic carbocycles. The number of nitrogens with one attached hydrogen (secondary N) is 1. The van der Waals surface area contributed by atoms with Crippen molar-refractivity contribution in [2.24, 2.45) is 0 Å². The molecule has 1 rings (SSSR count). The Labute approximate surface area is 102 Å². The number of hydrogen-bond acceptors (Lipinski definition) is 3. The van der Waals surface area contributed by atoms with E-state index in [0.29, 0.717) is 17.7 Å². The Hall–Kier alpha value is -1.55. The second-order valence-electron chi connectivity index (χ2n) is 4.17. The molecule has 0 aliphatic heterocycles. The van der Waals surface area contributed by atoms with Crippen molar-refractivity contribution in [3.05, 3.63) is 29.3 Å². The van der Waals surface area contributed by atoms with E-state index in [9.17, 15) is 4.79 Å². The predicted molar refractivity (Wildman–Crippen MR) is 68.8 cm³/mol. The average molecular weight is 236 g/mol. The van der Waals surface area contributed by atoms with Gasteiger partial charge in [-0.3, -0.25) is 4.79 Å². The van der Waals surface area contributed by atoms with E-state index in [1.165, 1.54) is 0 Å². The van der Waals surface area contributed by atoms with E-state index in [2.05, 4.69) is 5.32 Å². The summed E-state index contributed by atoms with van der Waals surface area (Å²) < 4.78 is 0. The van der Waals surface area contributed by atoms with Crippen molar-refractivity contribution < 1.29 is 9.90 Å². The molecule has 0 aliphatic rings. The Morgan fingerprint density at radius 2 is 2.24 bits per heavy atom. The van der Waals surface area contributed by atoms with Crippen LogP contribution in [0.5, 0.6) is 0 Å². The molecule has 17 heavy (non-hydrogen) atoms. The first-order valence-electron chi connectivity index (χ1n) is 5.86. The van der Waals surface area contributed by atoms with E-state index in [1.807, 2.05) is 19.9 Å². The monoisotopic (exact) mass is 236 g/mol. The fraction of sp³-hybridized carbons (Fsp3) is 0.462. The molecule has 1 aromatic rings. The molecule has 0 heterocycles. The minimum Gasteiger partial charge on any atom is -0.399 e. The highest BCUT2D eigenvalue weighted by atomic mass is 16.3. The lowest BCUT2D eigenvalue weighted by Crippen LogP contribution is -2.35. The fourth-order valence-corrected chi connectivity index (χ4v) is 1.68. The van der Waals surface area contributed by atoms with E-state index in [-0.39, 0.29) is 18.6 Å². The van der Waals surface area contributed by atoms with Gasteiger partial charge in [0.1, 0.15) is 0 Å². The molecule has 94 valence electrons. The van der Waals surface area contributed by atoms with E-state index in [0.717, 1.165) is 12.0 Å². The van der Waals surface area contributed by atoms with Crippen molar-refractivity contribution in [1.29, 1.82) is 0 Å². The number of carbonyl (C=O) groups is 1. The van der Waals surface area contributed by atoms with Crippen LogP contribution < -0.4 is 11.1 Å². The van der Waals surface area contributed by atoms with Crippen LogP contribution in [0.2, 0.25) is 0 Å². The zero-order valence-electron chi connectivity index (χ0n) is 10.4. The van der Waals surface area contributed by atoms with Crippen LogP contribution in [0.25, 0.3) is 0 Å². The van der Waals surface area contributed by atoms with E-state index < -0.39 is 0 Å². The standard InChI is InChI=1S/C13H20N2O2/c1-3-11(6-7-16)15-13(17)12-8-10(14)5-4-9(12)2/h4-5,8,11,16H,3,6-7,14H2,1-2H3,(H,15,17). The molecular weight excluding hydrogens is 216 g/mol. The van der Waals surface area contributed by atoms with Crippen molar-refractivity contribution in [2.45, 2.75) is 32.7 Å². The van der Waals surface area contributed by atoms with Gasteiger partial charge in [0.15, 0.2) is 0 Å². The molecule has 1 unspecified atom stereocenters. The molecule has 0 saturated heterocycles. The maximum Gasteiger partial charge on any atom is 0.251 e. The summed E-state index contributed by atoms with van der Waals surface area (Å²) in [6.07, 6.45) is 1.37. The van der Waals surface area contributed by atoms with Gasteiger partial charge in [-0.05, 0) is 37.5 Å². The van der Waals surface area contributed by atoms with Gasteiger partial charge in [0.25, 0.3) is 5.91 Å². The summed E-state index contributed by atoms with van der Waals surface area (Å²) in [7, 11) is 0. The van der Waals surface area contributed by atoms with Gasteiger partial charge in [-0.1, -0.05) is 13.0 Å².